The molecule has 1 saturated heterocycles. The topological polar surface area (TPSA) is 78.3 Å². The predicted octanol–water partition coefficient (Wildman–Crippen LogP) is 4.69. The third-order valence-corrected chi connectivity index (χ3v) is 7.74. The molecular formula is C29H36F3N3O4. The maximum Gasteiger partial charge on any atom is 0.194 e. The van der Waals surface area contributed by atoms with Gasteiger partial charge in [-0.2, -0.15) is 0 Å². The number of likely N-dealkylation sites (tertiary alicyclic amines) is 1. The Morgan fingerprint density at radius 3 is 2.38 bits per heavy atom. The second-order valence-electron chi connectivity index (χ2n) is 10.4. The molecule has 3 aromatic rings. The third kappa shape index (κ3) is 6.57. The van der Waals surface area contributed by atoms with Gasteiger partial charge in [-0.15, -0.1) is 0 Å². The molecule has 2 N–H and O–H groups in total. The third-order valence-electron chi connectivity index (χ3n) is 7.74. The van der Waals surface area contributed by atoms with Gasteiger partial charge in [0.1, 0.15) is 18.1 Å². The minimum absolute atomic E-state index is 0.0175. The Hall–Kier alpha value is -3.08. The van der Waals surface area contributed by atoms with Crippen LogP contribution in [0.25, 0.3) is 10.9 Å². The van der Waals surface area contributed by atoms with Crippen LogP contribution in [0.4, 0.5) is 18.9 Å². The van der Waals surface area contributed by atoms with Gasteiger partial charge in [0.2, 0.25) is 0 Å². The standard InChI is InChI=1S/C29H36F3N3O4/c1-34(2)25-17-33-24-5-4-19(38-3)14-21(24)27(25)26(37)6-7-29(18-36)8-10-35(11-9-29)12-13-39-20-15-22(30)28(32)23(31)16-20/h4-5,14-17,26,36-37H,6-13,18H2,1-3H3. The number of hydrogen-bond donors (Lipinski definition) is 2. The van der Waals surface area contributed by atoms with Gasteiger partial charge in [-0.3, -0.25) is 9.88 Å². The SMILES string of the molecule is COc1ccc2ncc(N(C)C)c(C(O)CCC3(CO)CCN(CCOc4cc(F)c(F)c(F)c4)CC3)c2c1. The number of fused-ring (bicyclic) bond motifs is 1. The molecule has 0 saturated carbocycles. The van der Waals surface area contributed by atoms with E-state index in [4.69, 9.17) is 9.47 Å². The van der Waals surface area contributed by atoms with Crippen molar-refractivity contribution in [3.05, 3.63) is 59.5 Å². The number of aliphatic hydroxyl groups excluding tert-OH is 2. The van der Waals surface area contributed by atoms with Gasteiger partial charge in [0.25, 0.3) is 0 Å². The maximum atomic E-state index is 13.4. The molecule has 1 atom stereocenters. The lowest BCUT2D eigenvalue weighted by atomic mass is 9.74. The summed E-state index contributed by atoms with van der Waals surface area (Å²) in [7, 11) is 5.43. The van der Waals surface area contributed by atoms with Crippen LogP contribution < -0.4 is 14.4 Å². The average Bonchev–Trinajstić information content (AvgIpc) is 2.94. The van der Waals surface area contributed by atoms with Gasteiger partial charge in [-0.1, -0.05) is 0 Å². The molecule has 1 aliphatic heterocycles. The summed E-state index contributed by atoms with van der Waals surface area (Å²) in [6.45, 7) is 2.17. The molecule has 7 nitrogen and oxygen atoms in total. The average molecular weight is 548 g/mol. The number of benzene rings is 2. The first-order valence-electron chi connectivity index (χ1n) is 13.1. The first kappa shape index (κ1) is 28.9. The van der Waals surface area contributed by atoms with E-state index in [0.717, 1.165) is 47.1 Å². The second kappa shape index (κ2) is 12.4. The van der Waals surface area contributed by atoms with Crippen LogP contribution in [-0.4, -0.2) is 74.2 Å². The Morgan fingerprint density at radius 2 is 1.77 bits per heavy atom. The first-order chi connectivity index (χ1) is 18.7. The largest absolute Gasteiger partial charge is 0.497 e. The minimum atomic E-state index is -1.52. The van der Waals surface area contributed by atoms with Crippen molar-refractivity contribution in [2.24, 2.45) is 5.41 Å². The molecule has 2 aromatic carbocycles. The Balaban J connectivity index is 1.37. The summed E-state index contributed by atoms with van der Waals surface area (Å²) in [5.41, 5.74) is 2.08. The monoisotopic (exact) mass is 547 g/mol. The molecule has 1 unspecified atom stereocenters. The number of rotatable bonds is 11. The van der Waals surface area contributed by atoms with Crippen LogP contribution in [0, 0.1) is 22.9 Å². The lowest BCUT2D eigenvalue weighted by molar-refractivity contribution is 0.0205. The molecule has 2 heterocycles. The van der Waals surface area contributed by atoms with E-state index in [-0.39, 0.29) is 24.4 Å². The zero-order valence-corrected chi connectivity index (χ0v) is 22.6. The summed E-state index contributed by atoms with van der Waals surface area (Å²) in [6, 6.07) is 7.28. The number of piperidine rings is 1. The molecule has 1 fully saturated rings. The smallest absolute Gasteiger partial charge is 0.194 e. The number of halogens is 3. The van der Waals surface area contributed by atoms with Gasteiger partial charge in [-0.05, 0) is 62.4 Å². The molecule has 10 heteroatoms. The van der Waals surface area contributed by atoms with Crippen LogP contribution in [0.1, 0.15) is 37.4 Å². The molecule has 1 aromatic heterocycles. The fourth-order valence-corrected chi connectivity index (χ4v) is 5.25. The number of hydrogen-bond acceptors (Lipinski definition) is 7. The van der Waals surface area contributed by atoms with Gasteiger partial charge in [0, 0.05) is 50.3 Å². The number of anilines is 1. The highest BCUT2D eigenvalue weighted by molar-refractivity contribution is 5.88. The molecule has 0 radical (unpaired) electrons. The number of aromatic nitrogens is 1. The molecular weight excluding hydrogens is 511 g/mol. The first-order valence-corrected chi connectivity index (χ1v) is 13.1. The van der Waals surface area contributed by atoms with Crippen molar-refractivity contribution >= 4 is 16.6 Å². The van der Waals surface area contributed by atoms with E-state index in [1.54, 1.807) is 13.3 Å². The van der Waals surface area contributed by atoms with Crippen LogP contribution in [0.15, 0.2) is 36.5 Å². The highest BCUT2D eigenvalue weighted by Crippen LogP contribution is 2.41. The van der Waals surface area contributed by atoms with Gasteiger partial charge in [0.15, 0.2) is 17.5 Å². The molecule has 0 spiro atoms. The number of pyridine rings is 1. The molecule has 39 heavy (non-hydrogen) atoms. The van der Waals surface area contributed by atoms with Crippen LogP contribution >= 0.6 is 0 Å². The molecule has 0 amide bonds. The van der Waals surface area contributed by atoms with Crippen LogP contribution in [0.5, 0.6) is 11.5 Å². The van der Waals surface area contributed by atoms with Crippen LogP contribution in [-0.2, 0) is 0 Å². The van der Waals surface area contributed by atoms with Gasteiger partial charge >= 0.3 is 0 Å². The Kier molecular flexibility index (Phi) is 9.19. The highest BCUT2D eigenvalue weighted by Gasteiger charge is 2.35. The maximum absolute atomic E-state index is 13.4. The fourth-order valence-electron chi connectivity index (χ4n) is 5.25. The van der Waals surface area contributed by atoms with Gasteiger partial charge in [0.05, 0.1) is 30.6 Å². The van der Waals surface area contributed by atoms with E-state index in [1.807, 2.05) is 37.2 Å². The van der Waals surface area contributed by atoms with E-state index in [1.165, 1.54) is 0 Å². The number of nitrogens with zero attached hydrogens (tertiary/aromatic N) is 3. The Bertz CT molecular complexity index is 1260. The summed E-state index contributed by atoms with van der Waals surface area (Å²) in [5, 5.41) is 22.6. The normalized spacial score (nSPS) is 16.3. The number of methoxy groups -OCH3 is 1. The predicted molar refractivity (Wildman–Crippen MR) is 144 cm³/mol. The fraction of sp³-hybridized carbons (Fsp3) is 0.483. The number of ether oxygens (including phenoxy) is 2. The molecule has 212 valence electrons. The Morgan fingerprint density at radius 1 is 1.08 bits per heavy atom. The quantitative estimate of drug-likeness (QED) is 0.337. The van der Waals surface area contributed by atoms with E-state index in [9.17, 15) is 23.4 Å². The van der Waals surface area contributed by atoms with E-state index in [0.29, 0.717) is 38.2 Å². The second-order valence-corrected chi connectivity index (χ2v) is 10.4. The van der Waals surface area contributed by atoms with Crippen molar-refractivity contribution in [3.63, 3.8) is 0 Å². The van der Waals surface area contributed by atoms with Crippen molar-refractivity contribution in [3.8, 4) is 11.5 Å². The molecule has 4 rings (SSSR count). The van der Waals surface area contributed by atoms with Crippen LogP contribution in [0.2, 0.25) is 0 Å². The minimum Gasteiger partial charge on any atom is -0.497 e. The van der Waals surface area contributed by atoms with E-state index >= 15 is 0 Å². The summed E-state index contributed by atoms with van der Waals surface area (Å²) < 4.78 is 50.8. The van der Waals surface area contributed by atoms with E-state index < -0.39 is 23.6 Å². The van der Waals surface area contributed by atoms with Crippen molar-refractivity contribution < 1.29 is 32.9 Å². The highest BCUT2D eigenvalue weighted by atomic mass is 19.2. The Labute approximate surface area is 226 Å². The van der Waals surface area contributed by atoms with Crippen LogP contribution in [0.3, 0.4) is 0 Å². The summed E-state index contributed by atoms with van der Waals surface area (Å²) in [5.74, 6) is -3.45. The van der Waals surface area contributed by atoms with Gasteiger partial charge in [-0.25, -0.2) is 13.2 Å². The zero-order valence-electron chi connectivity index (χ0n) is 22.6. The molecule has 0 bridgehead atoms. The zero-order chi connectivity index (χ0) is 28.2. The lowest BCUT2D eigenvalue weighted by Crippen LogP contribution is -2.43. The van der Waals surface area contributed by atoms with Crippen molar-refractivity contribution in [2.45, 2.75) is 31.8 Å². The summed E-state index contributed by atoms with van der Waals surface area (Å²) in [6.07, 6.45) is 3.60. The molecule has 1 aliphatic rings. The lowest BCUT2D eigenvalue weighted by Gasteiger charge is -2.41. The van der Waals surface area contributed by atoms with E-state index in [2.05, 4.69) is 9.88 Å². The van der Waals surface area contributed by atoms with Gasteiger partial charge < -0.3 is 24.6 Å². The molecule has 0 aliphatic carbocycles. The van der Waals surface area contributed by atoms with Crippen molar-refractivity contribution in [1.82, 2.24) is 9.88 Å². The van der Waals surface area contributed by atoms with Crippen molar-refractivity contribution in [1.29, 1.82) is 0 Å². The summed E-state index contributed by atoms with van der Waals surface area (Å²) in [4.78, 5) is 8.64. The number of aliphatic hydroxyl groups is 2. The van der Waals surface area contributed by atoms with Crippen molar-refractivity contribution in [2.75, 3.05) is 59.0 Å². The summed E-state index contributed by atoms with van der Waals surface area (Å²) >= 11 is 0.